The Morgan fingerprint density at radius 1 is 1.18 bits per heavy atom. The number of nitrogen functional groups attached to an aromatic ring is 1. The standard InChI is InChI=1S/C13H10ClN3/c14-10-3-1-2-8-6-12(17-13(8)10)11-7-9(15)4-5-16-11/h1-7,17H,(H2,15,16). The number of halogens is 1. The van der Waals surface area contributed by atoms with Crippen LogP contribution in [0.1, 0.15) is 0 Å². The minimum atomic E-state index is 0.694. The molecule has 84 valence electrons. The molecule has 0 aliphatic heterocycles. The Balaban J connectivity index is 2.22. The Labute approximate surface area is 103 Å². The van der Waals surface area contributed by atoms with Crippen molar-refractivity contribution in [3.8, 4) is 11.4 Å². The van der Waals surface area contributed by atoms with E-state index in [0.29, 0.717) is 10.7 Å². The summed E-state index contributed by atoms with van der Waals surface area (Å²) in [5, 5.41) is 1.77. The van der Waals surface area contributed by atoms with Crippen LogP contribution in [0, 0.1) is 0 Å². The van der Waals surface area contributed by atoms with Gasteiger partial charge in [-0.1, -0.05) is 23.7 Å². The zero-order valence-electron chi connectivity index (χ0n) is 8.94. The van der Waals surface area contributed by atoms with Crippen LogP contribution in [0.3, 0.4) is 0 Å². The van der Waals surface area contributed by atoms with Gasteiger partial charge in [0.05, 0.1) is 21.9 Å². The average Bonchev–Trinajstić information content (AvgIpc) is 2.74. The highest BCUT2D eigenvalue weighted by Gasteiger charge is 2.06. The monoisotopic (exact) mass is 243 g/mol. The van der Waals surface area contributed by atoms with Gasteiger partial charge in [-0.05, 0) is 24.3 Å². The highest BCUT2D eigenvalue weighted by atomic mass is 35.5. The normalized spacial score (nSPS) is 10.9. The highest BCUT2D eigenvalue weighted by molar-refractivity contribution is 6.35. The second-order valence-electron chi connectivity index (χ2n) is 3.86. The predicted octanol–water partition coefficient (Wildman–Crippen LogP) is 3.47. The molecule has 0 aliphatic carbocycles. The lowest BCUT2D eigenvalue weighted by molar-refractivity contribution is 1.29. The Morgan fingerprint density at radius 2 is 2.06 bits per heavy atom. The minimum absolute atomic E-state index is 0.694. The molecule has 0 amide bonds. The minimum Gasteiger partial charge on any atom is -0.399 e. The number of rotatable bonds is 1. The topological polar surface area (TPSA) is 54.7 Å². The van der Waals surface area contributed by atoms with Crippen LogP contribution in [0.5, 0.6) is 0 Å². The molecule has 0 atom stereocenters. The van der Waals surface area contributed by atoms with Gasteiger partial charge in [-0.2, -0.15) is 0 Å². The third-order valence-corrected chi connectivity index (χ3v) is 2.98. The first-order valence-electron chi connectivity index (χ1n) is 5.23. The number of nitrogens with two attached hydrogens (primary N) is 1. The molecule has 0 spiro atoms. The number of para-hydroxylation sites is 1. The number of nitrogens with one attached hydrogen (secondary N) is 1. The van der Waals surface area contributed by atoms with Crippen molar-refractivity contribution in [3.05, 3.63) is 47.6 Å². The third-order valence-electron chi connectivity index (χ3n) is 2.67. The van der Waals surface area contributed by atoms with Crippen LogP contribution in [-0.4, -0.2) is 9.97 Å². The Hall–Kier alpha value is -2.00. The zero-order chi connectivity index (χ0) is 11.8. The fourth-order valence-electron chi connectivity index (χ4n) is 1.85. The average molecular weight is 244 g/mol. The number of benzene rings is 1. The molecular formula is C13H10ClN3. The molecule has 0 aliphatic rings. The molecule has 0 fully saturated rings. The van der Waals surface area contributed by atoms with E-state index in [0.717, 1.165) is 22.3 Å². The molecule has 0 bridgehead atoms. The van der Waals surface area contributed by atoms with Gasteiger partial charge >= 0.3 is 0 Å². The molecule has 1 aromatic carbocycles. The summed E-state index contributed by atoms with van der Waals surface area (Å²) in [5.41, 5.74) is 9.09. The number of hydrogen-bond acceptors (Lipinski definition) is 2. The summed E-state index contributed by atoms with van der Waals surface area (Å²) in [4.78, 5) is 7.54. The molecular weight excluding hydrogens is 234 g/mol. The molecule has 2 aromatic heterocycles. The smallest absolute Gasteiger partial charge is 0.0885 e. The van der Waals surface area contributed by atoms with E-state index in [-0.39, 0.29) is 0 Å². The van der Waals surface area contributed by atoms with E-state index in [2.05, 4.69) is 9.97 Å². The van der Waals surface area contributed by atoms with Crippen molar-refractivity contribution in [2.24, 2.45) is 0 Å². The van der Waals surface area contributed by atoms with Gasteiger partial charge in [0.15, 0.2) is 0 Å². The van der Waals surface area contributed by atoms with Gasteiger partial charge < -0.3 is 10.7 Å². The molecule has 0 saturated heterocycles. The van der Waals surface area contributed by atoms with Gasteiger partial charge in [-0.25, -0.2) is 0 Å². The van der Waals surface area contributed by atoms with Crippen molar-refractivity contribution >= 4 is 28.2 Å². The molecule has 17 heavy (non-hydrogen) atoms. The number of H-pyrrole nitrogens is 1. The summed E-state index contributed by atoms with van der Waals surface area (Å²) in [6, 6.07) is 11.4. The lowest BCUT2D eigenvalue weighted by Gasteiger charge is -1.97. The van der Waals surface area contributed by atoms with Crippen molar-refractivity contribution in [3.63, 3.8) is 0 Å². The molecule has 4 heteroatoms. The molecule has 0 unspecified atom stereocenters. The Kier molecular flexibility index (Phi) is 2.27. The van der Waals surface area contributed by atoms with Crippen molar-refractivity contribution in [2.75, 3.05) is 5.73 Å². The van der Waals surface area contributed by atoms with Crippen molar-refractivity contribution in [1.82, 2.24) is 9.97 Å². The third kappa shape index (κ3) is 1.74. The summed E-state index contributed by atoms with van der Waals surface area (Å²) in [6.07, 6.45) is 1.69. The molecule has 0 radical (unpaired) electrons. The first-order valence-corrected chi connectivity index (χ1v) is 5.61. The van der Waals surface area contributed by atoms with Crippen LogP contribution >= 0.6 is 11.6 Å². The SMILES string of the molecule is Nc1ccnc(-c2cc3cccc(Cl)c3[nH]2)c1. The van der Waals surface area contributed by atoms with E-state index >= 15 is 0 Å². The van der Waals surface area contributed by atoms with Crippen LogP contribution in [0.4, 0.5) is 5.69 Å². The largest absolute Gasteiger partial charge is 0.399 e. The number of nitrogens with zero attached hydrogens (tertiary/aromatic N) is 1. The second-order valence-corrected chi connectivity index (χ2v) is 4.27. The second kappa shape index (κ2) is 3.79. The molecule has 3 rings (SSSR count). The maximum absolute atomic E-state index is 6.11. The summed E-state index contributed by atoms with van der Waals surface area (Å²) in [5.74, 6) is 0. The number of fused-ring (bicyclic) bond motifs is 1. The quantitative estimate of drug-likeness (QED) is 0.688. The number of pyridine rings is 1. The Bertz CT molecular complexity index is 688. The van der Waals surface area contributed by atoms with Gasteiger partial charge in [0.2, 0.25) is 0 Å². The maximum Gasteiger partial charge on any atom is 0.0885 e. The number of aromatic amines is 1. The van der Waals surface area contributed by atoms with Crippen LogP contribution in [0.2, 0.25) is 5.02 Å². The van der Waals surface area contributed by atoms with E-state index < -0.39 is 0 Å². The summed E-state index contributed by atoms with van der Waals surface area (Å²) in [6.45, 7) is 0. The van der Waals surface area contributed by atoms with Gasteiger partial charge in [0, 0.05) is 17.3 Å². The fraction of sp³-hybridized carbons (Fsp3) is 0. The van der Waals surface area contributed by atoms with E-state index in [1.165, 1.54) is 0 Å². The highest BCUT2D eigenvalue weighted by Crippen LogP contribution is 2.28. The van der Waals surface area contributed by atoms with E-state index in [1.807, 2.05) is 30.3 Å². The van der Waals surface area contributed by atoms with Crippen molar-refractivity contribution in [1.29, 1.82) is 0 Å². The van der Waals surface area contributed by atoms with Crippen LogP contribution in [0.15, 0.2) is 42.6 Å². The van der Waals surface area contributed by atoms with E-state index in [1.54, 1.807) is 12.3 Å². The lowest BCUT2D eigenvalue weighted by atomic mass is 10.2. The van der Waals surface area contributed by atoms with E-state index in [4.69, 9.17) is 17.3 Å². The van der Waals surface area contributed by atoms with Crippen LogP contribution < -0.4 is 5.73 Å². The van der Waals surface area contributed by atoms with Crippen molar-refractivity contribution in [2.45, 2.75) is 0 Å². The summed E-state index contributed by atoms with van der Waals surface area (Å²) in [7, 11) is 0. The molecule has 0 saturated carbocycles. The molecule has 2 heterocycles. The van der Waals surface area contributed by atoms with Crippen LogP contribution in [-0.2, 0) is 0 Å². The number of aromatic nitrogens is 2. The first-order chi connectivity index (χ1) is 8.24. The molecule has 3 nitrogen and oxygen atoms in total. The van der Waals surface area contributed by atoms with Gasteiger partial charge in [-0.3, -0.25) is 4.98 Å². The lowest BCUT2D eigenvalue weighted by Crippen LogP contribution is -1.88. The van der Waals surface area contributed by atoms with Crippen molar-refractivity contribution < 1.29 is 0 Å². The molecule has 3 aromatic rings. The number of anilines is 1. The Morgan fingerprint density at radius 3 is 2.82 bits per heavy atom. The number of hydrogen-bond donors (Lipinski definition) is 2. The summed E-state index contributed by atoms with van der Waals surface area (Å²) < 4.78 is 0. The fourth-order valence-corrected chi connectivity index (χ4v) is 2.08. The zero-order valence-corrected chi connectivity index (χ0v) is 9.70. The van der Waals surface area contributed by atoms with Crippen LogP contribution in [0.25, 0.3) is 22.3 Å². The predicted molar refractivity (Wildman–Crippen MR) is 71.0 cm³/mol. The summed E-state index contributed by atoms with van der Waals surface area (Å²) >= 11 is 6.11. The van der Waals surface area contributed by atoms with Gasteiger partial charge in [-0.15, -0.1) is 0 Å². The first kappa shape index (κ1) is 10.2. The van der Waals surface area contributed by atoms with Gasteiger partial charge in [0.1, 0.15) is 0 Å². The van der Waals surface area contributed by atoms with Gasteiger partial charge in [0.25, 0.3) is 0 Å². The van der Waals surface area contributed by atoms with E-state index in [9.17, 15) is 0 Å². The molecule has 3 N–H and O–H groups in total. The maximum atomic E-state index is 6.11.